The van der Waals surface area contributed by atoms with Crippen LogP contribution in [0, 0.1) is 20.8 Å². The van der Waals surface area contributed by atoms with Crippen LogP contribution in [0.3, 0.4) is 0 Å². The molecule has 0 atom stereocenters. The topological polar surface area (TPSA) is 101 Å². The molecule has 0 saturated carbocycles. The standard InChI is InChI=1S/C9H12O3S.C7H9N2O/c1-6-4-7(2)9(8(3)5-6)13(10,11)12;1-6(10)7-3-2-4-9(8)5-7/h4-5H,1-3H3,(H,10,11,12);2-5H,8H2,1H3/q;+1. The van der Waals surface area contributed by atoms with E-state index in [0.29, 0.717) is 16.7 Å². The highest BCUT2D eigenvalue weighted by molar-refractivity contribution is 7.86. The molecule has 0 aliphatic heterocycles. The molecule has 124 valence electrons. The number of nitrogens with zero attached hydrogens (tertiary/aromatic N) is 1. The van der Waals surface area contributed by atoms with Crippen molar-refractivity contribution in [3.05, 3.63) is 58.9 Å². The zero-order chi connectivity index (χ0) is 17.8. The van der Waals surface area contributed by atoms with Crippen LogP contribution < -0.4 is 10.5 Å². The second-order valence-electron chi connectivity index (χ2n) is 5.30. The first-order chi connectivity index (χ1) is 10.5. The summed E-state index contributed by atoms with van der Waals surface area (Å²) in [5.74, 6) is 5.39. The molecule has 0 aliphatic carbocycles. The first-order valence-electron chi connectivity index (χ1n) is 6.85. The predicted octanol–water partition coefficient (Wildman–Crippen LogP) is 1.75. The maximum Gasteiger partial charge on any atom is 0.295 e. The van der Waals surface area contributed by atoms with Crippen LogP contribution in [0.4, 0.5) is 0 Å². The number of rotatable bonds is 2. The van der Waals surface area contributed by atoms with Gasteiger partial charge in [-0.25, -0.2) is 5.84 Å². The fourth-order valence-electron chi connectivity index (χ4n) is 2.27. The van der Waals surface area contributed by atoms with Crippen LogP contribution in [-0.2, 0) is 10.1 Å². The number of ketones is 1. The average molecular weight is 337 g/mol. The molecule has 23 heavy (non-hydrogen) atoms. The number of Topliss-reactive ketones (excluding diaryl/α,β-unsaturated/α-hetero) is 1. The summed E-state index contributed by atoms with van der Waals surface area (Å²) >= 11 is 0. The molecular formula is C16H21N2O4S+. The fraction of sp³-hybridized carbons (Fsp3) is 0.250. The van der Waals surface area contributed by atoms with E-state index in [0.717, 1.165) is 5.56 Å². The Labute approximate surface area is 136 Å². The van der Waals surface area contributed by atoms with Gasteiger partial charge in [0.2, 0.25) is 6.20 Å². The number of benzene rings is 1. The minimum absolute atomic E-state index is 0.0260. The van der Waals surface area contributed by atoms with E-state index in [9.17, 15) is 13.2 Å². The summed E-state index contributed by atoms with van der Waals surface area (Å²) < 4.78 is 32.2. The Bertz CT molecular complexity index is 807. The molecule has 0 aliphatic rings. The maximum absolute atomic E-state index is 10.9. The van der Waals surface area contributed by atoms with Gasteiger partial charge >= 0.3 is 0 Å². The zero-order valence-electron chi connectivity index (χ0n) is 13.6. The summed E-state index contributed by atoms with van der Waals surface area (Å²) in [6, 6.07) is 6.93. The molecule has 2 rings (SSSR count). The minimum atomic E-state index is -4.08. The molecular weight excluding hydrogens is 316 g/mol. The summed E-state index contributed by atoms with van der Waals surface area (Å²) in [5.41, 5.74) is 2.78. The van der Waals surface area contributed by atoms with E-state index < -0.39 is 10.1 Å². The molecule has 7 heteroatoms. The summed E-state index contributed by atoms with van der Waals surface area (Å²) in [6.07, 6.45) is 3.26. The third-order valence-electron chi connectivity index (χ3n) is 3.09. The largest absolute Gasteiger partial charge is 0.295 e. The quantitative estimate of drug-likeness (QED) is 0.376. The number of hydrogen-bond acceptors (Lipinski definition) is 4. The molecule has 0 radical (unpaired) electrons. The smallest absolute Gasteiger partial charge is 0.294 e. The monoisotopic (exact) mass is 337 g/mol. The molecule has 0 bridgehead atoms. The minimum Gasteiger partial charge on any atom is -0.294 e. The van der Waals surface area contributed by atoms with Crippen LogP contribution in [0.15, 0.2) is 41.6 Å². The lowest BCUT2D eigenvalue weighted by Gasteiger charge is -2.07. The number of carbonyl (C=O) groups is 1. The number of nitrogen functional groups attached to an aromatic ring is 1. The van der Waals surface area contributed by atoms with E-state index >= 15 is 0 Å². The Morgan fingerprint density at radius 2 is 1.70 bits per heavy atom. The van der Waals surface area contributed by atoms with E-state index in [2.05, 4.69) is 0 Å². The summed E-state index contributed by atoms with van der Waals surface area (Å²) in [4.78, 5) is 10.8. The summed E-state index contributed by atoms with van der Waals surface area (Å²) in [5, 5.41) is 0. The van der Waals surface area contributed by atoms with Crippen molar-refractivity contribution in [2.75, 3.05) is 5.84 Å². The van der Waals surface area contributed by atoms with Crippen molar-refractivity contribution in [3.8, 4) is 0 Å². The van der Waals surface area contributed by atoms with Crippen molar-refractivity contribution in [2.45, 2.75) is 32.6 Å². The molecule has 1 aromatic carbocycles. The maximum atomic E-state index is 10.9. The van der Waals surface area contributed by atoms with Crippen molar-refractivity contribution in [1.29, 1.82) is 0 Å². The van der Waals surface area contributed by atoms with Gasteiger partial charge in [0.05, 0.1) is 10.5 Å². The SMILES string of the molecule is CC(=O)c1ccc[n+](N)c1.Cc1cc(C)c(S(=O)(=O)O)c(C)c1. The van der Waals surface area contributed by atoms with Gasteiger partial charge in [-0.1, -0.05) is 22.4 Å². The van der Waals surface area contributed by atoms with E-state index in [-0.39, 0.29) is 10.7 Å². The second kappa shape index (κ2) is 7.34. The Morgan fingerprint density at radius 1 is 1.17 bits per heavy atom. The van der Waals surface area contributed by atoms with E-state index in [1.54, 1.807) is 50.5 Å². The van der Waals surface area contributed by atoms with Crippen molar-refractivity contribution in [3.63, 3.8) is 0 Å². The van der Waals surface area contributed by atoms with Gasteiger partial charge in [0.15, 0.2) is 12.0 Å². The van der Waals surface area contributed by atoms with Crippen molar-refractivity contribution >= 4 is 15.9 Å². The first kappa shape index (κ1) is 18.8. The number of aryl methyl sites for hydroxylation is 3. The Kier molecular flexibility index (Phi) is 6.00. The highest BCUT2D eigenvalue weighted by atomic mass is 32.2. The van der Waals surface area contributed by atoms with E-state index in [4.69, 9.17) is 10.4 Å². The van der Waals surface area contributed by atoms with Crippen LogP contribution in [-0.4, -0.2) is 18.8 Å². The number of nitrogens with two attached hydrogens (primary N) is 1. The van der Waals surface area contributed by atoms with Crippen molar-refractivity contribution < 1.29 is 22.4 Å². The molecule has 2 aromatic rings. The highest BCUT2D eigenvalue weighted by Gasteiger charge is 2.15. The molecule has 0 unspecified atom stereocenters. The lowest BCUT2D eigenvalue weighted by molar-refractivity contribution is -0.639. The first-order valence-corrected chi connectivity index (χ1v) is 8.29. The van der Waals surface area contributed by atoms with E-state index in [1.807, 2.05) is 6.92 Å². The van der Waals surface area contributed by atoms with Gasteiger partial charge in [0.25, 0.3) is 10.1 Å². The second-order valence-corrected chi connectivity index (χ2v) is 6.66. The van der Waals surface area contributed by atoms with Gasteiger partial charge in [0, 0.05) is 6.07 Å². The average Bonchev–Trinajstić information content (AvgIpc) is 2.36. The van der Waals surface area contributed by atoms with E-state index in [1.165, 1.54) is 11.6 Å². The van der Waals surface area contributed by atoms with Gasteiger partial charge < -0.3 is 0 Å². The van der Waals surface area contributed by atoms with Crippen LogP contribution in [0.1, 0.15) is 34.0 Å². The fourth-order valence-corrected chi connectivity index (χ4v) is 3.21. The Balaban J connectivity index is 0.000000238. The Morgan fingerprint density at radius 3 is 2.04 bits per heavy atom. The van der Waals surface area contributed by atoms with Crippen molar-refractivity contribution in [1.82, 2.24) is 0 Å². The lowest BCUT2D eigenvalue weighted by Crippen LogP contribution is -2.43. The van der Waals surface area contributed by atoms with Crippen LogP contribution in [0.25, 0.3) is 0 Å². The normalized spacial score (nSPS) is 10.7. The third kappa shape index (κ3) is 5.46. The lowest BCUT2D eigenvalue weighted by atomic mass is 10.1. The summed E-state index contributed by atoms with van der Waals surface area (Å²) in [6.45, 7) is 6.73. The van der Waals surface area contributed by atoms with Crippen LogP contribution in [0.2, 0.25) is 0 Å². The molecule has 1 heterocycles. The van der Waals surface area contributed by atoms with Gasteiger partial charge in [-0.2, -0.15) is 8.42 Å². The van der Waals surface area contributed by atoms with Crippen LogP contribution >= 0.6 is 0 Å². The molecule has 0 spiro atoms. The van der Waals surface area contributed by atoms with Gasteiger partial charge in [0.1, 0.15) is 0 Å². The number of pyridine rings is 1. The third-order valence-corrected chi connectivity index (χ3v) is 4.25. The summed E-state index contributed by atoms with van der Waals surface area (Å²) in [7, 11) is -4.08. The molecule has 0 fully saturated rings. The molecule has 3 N–H and O–H groups in total. The zero-order valence-corrected chi connectivity index (χ0v) is 14.4. The number of aromatic nitrogens is 1. The van der Waals surface area contributed by atoms with Gasteiger partial charge in [-0.15, -0.1) is 0 Å². The molecule has 1 aromatic heterocycles. The molecule has 0 saturated heterocycles. The van der Waals surface area contributed by atoms with Crippen molar-refractivity contribution in [2.24, 2.45) is 0 Å². The van der Waals surface area contributed by atoms with Crippen LogP contribution in [0.5, 0.6) is 0 Å². The Hall–Kier alpha value is -2.25. The molecule has 6 nitrogen and oxygen atoms in total. The number of carbonyl (C=O) groups excluding carboxylic acids is 1. The van der Waals surface area contributed by atoms with Gasteiger partial charge in [-0.3, -0.25) is 9.35 Å². The predicted molar refractivity (Wildman–Crippen MR) is 87.3 cm³/mol. The molecule has 0 amide bonds. The highest BCUT2D eigenvalue weighted by Crippen LogP contribution is 2.20. The number of hydrogen-bond donors (Lipinski definition) is 2. The van der Waals surface area contributed by atoms with Gasteiger partial charge in [-0.05, 0) is 44.9 Å².